The van der Waals surface area contributed by atoms with Gasteiger partial charge in [-0.3, -0.25) is 19.6 Å². The second-order valence-electron chi connectivity index (χ2n) is 10.3. The summed E-state index contributed by atoms with van der Waals surface area (Å²) in [5, 5.41) is 7.08. The van der Waals surface area contributed by atoms with Crippen molar-refractivity contribution >= 4 is 29.1 Å². The van der Waals surface area contributed by atoms with Crippen LogP contribution in [0.2, 0.25) is 5.02 Å². The van der Waals surface area contributed by atoms with Crippen molar-refractivity contribution in [1.29, 1.82) is 0 Å². The van der Waals surface area contributed by atoms with Crippen molar-refractivity contribution in [3.63, 3.8) is 0 Å². The van der Waals surface area contributed by atoms with Crippen LogP contribution in [-0.2, 0) is 9.59 Å². The molecule has 1 N–H and O–H groups in total. The third kappa shape index (κ3) is 5.01. The van der Waals surface area contributed by atoms with E-state index in [0.717, 1.165) is 31.2 Å². The summed E-state index contributed by atoms with van der Waals surface area (Å²) in [5.74, 6) is 0.460. The molecular formula is C29H33ClFN3O2. The lowest BCUT2D eigenvalue weighted by molar-refractivity contribution is -0.133. The highest BCUT2D eigenvalue weighted by atomic mass is 35.5. The van der Waals surface area contributed by atoms with Crippen LogP contribution in [0.1, 0.15) is 63.5 Å². The van der Waals surface area contributed by atoms with Gasteiger partial charge in [0.05, 0.1) is 11.7 Å². The Balaban J connectivity index is 1.26. The fraction of sp³-hybridized carbons (Fsp3) is 0.448. The molecule has 5 rings (SSSR count). The van der Waals surface area contributed by atoms with Crippen LogP contribution < -0.4 is 10.3 Å². The molecule has 1 saturated heterocycles. The lowest BCUT2D eigenvalue weighted by Gasteiger charge is -2.40. The molecule has 2 aliphatic carbocycles. The number of hydrazine groups is 1. The molecule has 2 amide bonds. The molecule has 4 atom stereocenters. The maximum Gasteiger partial charge on any atom is 0.241 e. The minimum atomic E-state index is -0.403. The van der Waals surface area contributed by atoms with Crippen molar-refractivity contribution in [1.82, 2.24) is 10.3 Å². The molecule has 3 aliphatic rings. The molecule has 2 aromatic rings. The second kappa shape index (κ2) is 10.6. The van der Waals surface area contributed by atoms with Crippen LogP contribution >= 0.6 is 11.6 Å². The molecule has 0 aromatic heterocycles. The van der Waals surface area contributed by atoms with Crippen molar-refractivity contribution in [3.05, 3.63) is 76.6 Å². The van der Waals surface area contributed by atoms with Crippen LogP contribution in [0.25, 0.3) is 0 Å². The Kier molecular flexibility index (Phi) is 7.33. The van der Waals surface area contributed by atoms with E-state index in [0.29, 0.717) is 35.5 Å². The fourth-order valence-electron chi connectivity index (χ4n) is 6.12. The lowest BCUT2D eigenvalue weighted by Crippen LogP contribution is -2.46. The van der Waals surface area contributed by atoms with E-state index >= 15 is 0 Å². The SMILES string of the molecule is CC1=CCC2CC1CCC2NC(=O)CCC(=O)N1CCC(c2ccccc2Cl)N1c1ccccc1F. The van der Waals surface area contributed by atoms with Gasteiger partial charge in [-0.25, -0.2) is 4.39 Å². The van der Waals surface area contributed by atoms with E-state index in [1.807, 2.05) is 24.3 Å². The zero-order valence-corrected chi connectivity index (χ0v) is 21.4. The predicted octanol–water partition coefficient (Wildman–Crippen LogP) is 6.21. The zero-order valence-electron chi connectivity index (χ0n) is 20.6. The molecule has 1 heterocycles. The number of nitrogens with one attached hydrogen (secondary N) is 1. The van der Waals surface area contributed by atoms with Gasteiger partial charge in [-0.15, -0.1) is 0 Å². The number of hydrogen-bond donors (Lipinski definition) is 1. The van der Waals surface area contributed by atoms with Gasteiger partial charge in [0.1, 0.15) is 5.82 Å². The Morgan fingerprint density at radius 1 is 1.06 bits per heavy atom. The molecule has 2 aromatic carbocycles. The molecule has 0 spiro atoms. The van der Waals surface area contributed by atoms with E-state index in [2.05, 4.69) is 18.3 Å². The molecule has 1 aliphatic heterocycles. The summed E-state index contributed by atoms with van der Waals surface area (Å²) in [7, 11) is 0. The van der Waals surface area contributed by atoms with E-state index in [1.54, 1.807) is 28.2 Å². The Bertz CT molecular complexity index is 1170. The van der Waals surface area contributed by atoms with Crippen molar-refractivity contribution in [3.8, 4) is 0 Å². The van der Waals surface area contributed by atoms with Gasteiger partial charge in [0.15, 0.2) is 0 Å². The molecule has 5 nitrogen and oxygen atoms in total. The first-order valence-electron chi connectivity index (χ1n) is 13.0. The number of fused-ring (bicyclic) bond motifs is 2. The summed E-state index contributed by atoms with van der Waals surface area (Å²) in [4.78, 5) is 26.2. The van der Waals surface area contributed by atoms with Gasteiger partial charge in [0.2, 0.25) is 11.8 Å². The van der Waals surface area contributed by atoms with Crippen LogP contribution in [0.15, 0.2) is 60.2 Å². The van der Waals surface area contributed by atoms with Crippen LogP contribution in [0.4, 0.5) is 10.1 Å². The Labute approximate surface area is 217 Å². The molecule has 0 radical (unpaired) electrons. The average molecular weight is 510 g/mol. The van der Waals surface area contributed by atoms with E-state index in [-0.39, 0.29) is 36.7 Å². The summed E-state index contributed by atoms with van der Waals surface area (Å²) in [6.07, 6.45) is 7.39. The lowest BCUT2D eigenvalue weighted by atomic mass is 9.70. The molecule has 1 saturated carbocycles. The van der Waals surface area contributed by atoms with Gasteiger partial charge in [0, 0.05) is 30.5 Å². The van der Waals surface area contributed by atoms with Gasteiger partial charge in [-0.05, 0) is 74.6 Å². The standard InChI is InChI=1S/C29H33ClFN3O2/c1-19-10-11-21-18-20(19)12-13-25(21)32-28(35)14-15-29(36)33-17-16-26(22-6-2-3-7-23(22)30)34(33)27-9-5-4-8-24(27)31/h2-10,20-21,25-26H,11-18H2,1H3,(H,32,35). The smallest absolute Gasteiger partial charge is 0.241 e. The van der Waals surface area contributed by atoms with Gasteiger partial charge >= 0.3 is 0 Å². The number of amides is 2. The molecule has 36 heavy (non-hydrogen) atoms. The van der Waals surface area contributed by atoms with E-state index in [9.17, 15) is 14.0 Å². The predicted molar refractivity (Wildman–Crippen MR) is 140 cm³/mol. The van der Waals surface area contributed by atoms with Gasteiger partial charge in [0.25, 0.3) is 0 Å². The fourth-order valence-corrected chi connectivity index (χ4v) is 6.38. The summed E-state index contributed by atoms with van der Waals surface area (Å²) < 4.78 is 14.9. The molecule has 2 bridgehead atoms. The molecule has 4 unspecified atom stereocenters. The summed E-state index contributed by atoms with van der Waals surface area (Å²) in [5.41, 5.74) is 2.67. The first kappa shape index (κ1) is 24.8. The largest absolute Gasteiger partial charge is 0.353 e. The number of hydrogen-bond acceptors (Lipinski definition) is 3. The number of halogens is 2. The molecule has 2 fully saturated rings. The van der Waals surface area contributed by atoms with Gasteiger partial charge < -0.3 is 5.32 Å². The van der Waals surface area contributed by atoms with Crippen LogP contribution in [-0.4, -0.2) is 29.4 Å². The van der Waals surface area contributed by atoms with Crippen LogP contribution in [0, 0.1) is 17.7 Å². The third-order valence-corrected chi connectivity index (χ3v) is 8.45. The van der Waals surface area contributed by atoms with E-state index in [1.165, 1.54) is 11.6 Å². The second-order valence-corrected chi connectivity index (χ2v) is 10.7. The van der Waals surface area contributed by atoms with Gasteiger partial charge in [-0.1, -0.05) is 53.6 Å². The highest BCUT2D eigenvalue weighted by Crippen LogP contribution is 2.41. The van der Waals surface area contributed by atoms with E-state index in [4.69, 9.17) is 11.6 Å². The van der Waals surface area contributed by atoms with Crippen molar-refractivity contribution in [2.75, 3.05) is 11.6 Å². The highest BCUT2D eigenvalue weighted by Gasteiger charge is 2.38. The minimum Gasteiger partial charge on any atom is -0.353 e. The number of carbonyl (C=O) groups excluding carboxylic acids is 2. The molecular weight excluding hydrogens is 477 g/mol. The normalized spacial score (nSPS) is 25.5. The van der Waals surface area contributed by atoms with Crippen molar-refractivity contribution < 1.29 is 14.0 Å². The maximum absolute atomic E-state index is 14.9. The average Bonchev–Trinajstić information content (AvgIpc) is 3.31. The number of rotatable bonds is 6. The van der Waals surface area contributed by atoms with Crippen molar-refractivity contribution in [2.45, 2.75) is 64.0 Å². The Morgan fingerprint density at radius 3 is 2.64 bits per heavy atom. The Hall–Kier alpha value is -2.86. The first-order chi connectivity index (χ1) is 17.4. The molecule has 190 valence electrons. The number of para-hydroxylation sites is 1. The number of anilines is 1. The number of benzene rings is 2. The summed E-state index contributed by atoms with van der Waals surface area (Å²) in [6, 6.07) is 13.8. The number of nitrogens with zero attached hydrogens (tertiary/aromatic N) is 2. The first-order valence-corrected chi connectivity index (χ1v) is 13.3. The number of allylic oxidation sites excluding steroid dienone is 2. The van der Waals surface area contributed by atoms with Crippen LogP contribution in [0.3, 0.4) is 0 Å². The third-order valence-electron chi connectivity index (χ3n) is 8.10. The molecule has 7 heteroatoms. The summed E-state index contributed by atoms with van der Waals surface area (Å²) >= 11 is 6.48. The van der Waals surface area contributed by atoms with Crippen LogP contribution in [0.5, 0.6) is 0 Å². The minimum absolute atomic E-state index is 0.0745. The maximum atomic E-state index is 14.9. The quantitative estimate of drug-likeness (QED) is 0.471. The topological polar surface area (TPSA) is 52.7 Å². The highest BCUT2D eigenvalue weighted by molar-refractivity contribution is 6.31. The Morgan fingerprint density at radius 2 is 1.83 bits per heavy atom. The van der Waals surface area contributed by atoms with Gasteiger partial charge in [-0.2, -0.15) is 0 Å². The monoisotopic (exact) mass is 509 g/mol. The van der Waals surface area contributed by atoms with Crippen molar-refractivity contribution in [2.24, 2.45) is 11.8 Å². The zero-order chi connectivity index (χ0) is 25.2. The van der Waals surface area contributed by atoms with E-state index < -0.39 is 5.82 Å². The number of carbonyl (C=O) groups is 2. The summed E-state index contributed by atoms with van der Waals surface area (Å²) in [6.45, 7) is 2.65.